The van der Waals surface area contributed by atoms with Crippen LogP contribution in [-0.2, 0) is 63.5 Å². The molecule has 0 aromatic heterocycles. The topological polar surface area (TPSA) is 173 Å². The highest BCUT2D eigenvalue weighted by atomic mass is 16.7. The van der Waals surface area contributed by atoms with Crippen LogP contribution in [0.15, 0.2) is 72.8 Å². The Balaban J connectivity index is 0.740. The molecule has 77 heavy (non-hydrogen) atoms. The zero-order chi connectivity index (χ0) is 53.2. The van der Waals surface area contributed by atoms with Crippen molar-refractivity contribution in [1.82, 2.24) is 4.90 Å². The van der Waals surface area contributed by atoms with Crippen LogP contribution in [0.1, 0.15) is 107 Å². The number of ketones is 1. The van der Waals surface area contributed by atoms with Gasteiger partial charge in [-0.1, -0.05) is 62.3 Å². The number of anilines is 1. The van der Waals surface area contributed by atoms with Gasteiger partial charge in [-0.15, -0.1) is 0 Å². The molecule has 9 aliphatic heterocycles. The Morgan fingerprint density at radius 3 is 2.42 bits per heavy atom. The van der Waals surface area contributed by atoms with E-state index >= 15 is 0 Å². The molecule has 0 radical (unpaired) electrons. The van der Waals surface area contributed by atoms with E-state index in [2.05, 4.69) is 36.8 Å². The third kappa shape index (κ3) is 12.4. The number of hydrogen-bond acceptors (Lipinski definition) is 15. The van der Waals surface area contributed by atoms with Gasteiger partial charge in [0.15, 0.2) is 5.79 Å². The third-order valence-corrected chi connectivity index (χ3v) is 18.0. The third-order valence-electron chi connectivity index (χ3n) is 18.0. The summed E-state index contributed by atoms with van der Waals surface area (Å²) in [5.74, 6) is 5.37. The molecule has 11 rings (SSSR count). The highest BCUT2D eigenvalue weighted by Crippen LogP contribution is 2.49. The maximum Gasteiger partial charge on any atom is 0.253 e. The number of aliphatic hydroxyl groups excluding tert-OH is 2. The van der Waals surface area contributed by atoms with Gasteiger partial charge in [-0.25, -0.2) is 0 Å². The first-order valence-electron chi connectivity index (χ1n) is 28.6. The van der Waals surface area contributed by atoms with Crippen molar-refractivity contribution in [1.29, 1.82) is 0 Å². The molecule has 1 amide bonds. The lowest BCUT2D eigenvalue weighted by Gasteiger charge is -2.47. The Bertz CT molecular complexity index is 2500. The van der Waals surface area contributed by atoms with Gasteiger partial charge in [0, 0.05) is 82.3 Å². The van der Waals surface area contributed by atoms with E-state index < -0.39 is 30.2 Å². The van der Waals surface area contributed by atoms with E-state index in [1.807, 2.05) is 48.5 Å². The second-order valence-electron chi connectivity index (χ2n) is 23.2. The smallest absolute Gasteiger partial charge is 0.253 e. The Morgan fingerprint density at radius 2 is 1.56 bits per heavy atom. The average Bonchev–Trinajstić information content (AvgIpc) is 4.11. The molecule has 1 spiro atoms. The molecular weight excluding hydrogens is 985 g/mol. The molecule has 10 bridgehead atoms. The number of ether oxygens (including phenoxy) is 10. The van der Waals surface area contributed by atoms with Gasteiger partial charge < -0.3 is 62.5 Å². The van der Waals surface area contributed by atoms with Gasteiger partial charge in [0.1, 0.15) is 24.6 Å². The van der Waals surface area contributed by atoms with Crippen molar-refractivity contribution in [3.8, 4) is 11.8 Å². The second-order valence-corrected chi connectivity index (χ2v) is 23.2. The predicted molar refractivity (Wildman–Crippen MR) is 284 cm³/mol. The fourth-order valence-electron chi connectivity index (χ4n) is 14.0. The van der Waals surface area contributed by atoms with Gasteiger partial charge in [0.05, 0.1) is 112 Å². The van der Waals surface area contributed by atoms with Crippen molar-refractivity contribution < 1.29 is 67.2 Å². The summed E-state index contributed by atoms with van der Waals surface area (Å²) in [4.78, 5) is 32.0. The van der Waals surface area contributed by atoms with E-state index in [-0.39, 0.29) is 124 Å². The normalized spacial score (nSPS) is 37.9. The van der Waals surface area contributed by atoms with Crippen LogP contribution in [0, 0.1) is 23.7 Å². The van der Waals surface area contributed by atoms with Crippen LogP contribution in [0.4, 0.5) is 5.69 Å². The summed E-state index contributed by atoms with van der Waals surface area (Å²) in [6, 6.07) is 15.5. The van der Waals surface area contributed by atoms with Gasteiger partial charge in [0.2, 0.25) is 0 Å². The molecule has 8 fully saturated rings. The van der Waals surface area contributed by atoms with Gasteiger partial charge in [-0.2, -0.15) is 0 Å². The number of amides is 1. The molecule has 9 heterocycles. The van der Waals surface area contributed by atoms with Crippen LogP contribution < -0.4 is 4.90 Å². The molecule has 0 aliphatic carbocycles. The number of Topliss-reactive ketones (excluding diaryl/α,β-unsaturated/α-hetero) is 1. The summed E-state index contributed by atoms with van der Waals surface area (Å²) < 4.78 is 66.1. The van der Waals surface area contributed by atoms with Crippen LogP contribution in [0.5, 0.6) is 0 Å². The number of benzene rings is 2. The van der Waals surface area contributed by atoms with E-state index in [4.69, 9.17) is 47.4 Å². The molecule has 16 heteroatoms. The Kier molecular flexibility index (Phi) is 17.5. The first kappa shape index (κ1) is 55.0. The number of methoxy groups -OCH3 is 1. The highest BCUT2D eigenvalue weighted by molar-refractivity contribution is 5.96. The summed E-state index contributed by atoms with van der Waals surface area (Å²) in [6.45, 7) is 13.6. The molecule has 9 aliphatic rings. The molecule has 0 saturated carbocycles. The van der Waals surface area contributed by atoms with Gasteiger partial charge >= 0.3 is 0 Å². The molecule has 17 atom stereocenters. The molecule has 2 aromatic rings. The van der Waals surface area contributed by atoms with Crippen molar-refractivity contribution in [2.75, 3.05) is 64.7 Å². The minimum Gasteiger partial charge on any atom is -0.395 e. The molecular formula is C61H80N2O14. The van der Waals surface area contributed by atoms with Crippen LogP contribution in [0.3, 0.4) is 0 Å². The number of aliphatic hydroxyl groups is 2. The summed E-state index contributed by atoms with van der Waals surface area (Å²) >= 11 is 0. The standard InChI is InChI=1S/C61H80N2O14/c1-37-27-44-15-17-50-38(2)28-46(71-50)19-20-61-33-49(66)59(77-61)54-32-55(76-61)60-51(74-54)18-16-45(73-60)29-43(65)30-47-53(31-52(72-44)39(37)3)75-56(58(47)68-4)35-62(21-23-64)22-24-69-25-26-70-36-57(67)63-34-42-11-6-5-9-40(42)13-14-41-10-7-8-12-48(41)63/h5-12,37,44-47,49-56,58-60,64,66H,2-3,15-36H2,1,4H3/t37-,44+,45-,46+,47+,49-,50+,51+,52-,53+,54-,55-,56-,58-,59+,60+,61-/m1/s1. The van der Waals surface area contributed by atoms with E-state index in [0.717, 1.165) is 59.2 Å². The van der Waals surface area contributed by atoms with Gasteiger partial charge in [-0.05, 0) is 85.8 Å². The lowest BCUT2D eigenvalue weighted by molar-refractivity contribution is -0.277. The fraction of sp³-hybridized carbons (Fsp3) is 0.672. The van der Waals surface area contributed by atoms with Crippen molar-refractivity contribution in [2.24, 2.45) is 11.8 Å². The minimum absolute atomic E-state index is 0.0180. The molecule has 2 aromatic carbocycles. The lowest BCUT2D eigenvalue weighted by Crippen LogP contribution is -2.58. The van der Waals surface area contributed by atoms with Gasteiger partial charge in [-0.3, -0.25) is 14.5 Å². The summed E-state index contributed by atoms with van der Waals surface area (Å²) in [5, 5.41) is 21.6. The SMILES string of the molecule is C=C1C[C@@H]2CC[C@]34C[C@@H](O)[C@H](O3)[C@H]3C[C@@H](O4)[C@H]4O[C@H](CC[C@@H]4O3)CC(=O)C[C@@H]3[C@@H](OC)[C@@H](CN(CCO)CCOCCOCC(=O)N4Cc5ccccc5C#Cc5ccccc54)O[C@H]3C[C@H]3O[C@@H](CC[C@@H]1O2)C[C@@H](C)C3=C. The minimum atomic E-state index is -0.981. The van der Waals surface area contributed by atoms with E-state index in [9.17, 15) is 19.8 Å². The maximum absolute atomic E-state index is 14.5. The molecule has 8 saturated heterocycles. The van der Waals surface area contributed by atoms with Crippen LogP contribution in [-0.4, -0.2) is 178 Å². The maximum atomic E-state index is 14.5. The molecule has 16 nitrogen and oxygen atoms in total. The first-order valence-corrected chi connectivity index (χ1v) is 28.6. The lowest BCUT2D eigenvalue weighted by atomic mass is 9.81. The van der Waals surface area contributed by atoms with Crippen molar-refractivity contribution in [3.05, 3.63) is 89.5 Å². The zero-order valence-electron chi connectivity index (χ0n) is 45.0. The number of hydrogen-bond donors (Lipinski definition) is 2. The number of rotatable bonds is 13. The average molecular weight is 1070 g/mol. The fourth-order valence-corrected chi connectivity index (χ4v) is 14.0. The Labute approximate surface area is 454 Å². The molecule has 2 N–H and O–H groups in total. The van der Waals surface area contributed by atoms with E-state index in [1.54, 1.807) is 12.0 Å². The number of nitrogens with zero attached hydrogens (tertiary/aromatic N) is 2. The Hall–Kier alpha value is -3.90. The number of carbonyl (C=O) groups excluding carboxylic acids is 2. The summed E-state index contributed by atoms with van der Waals surface area (Å²) in [7, 11) is 1.69. The molecule has 0 unspecified atom stereocenters. The van der Waals surface area contributed by atoms with Crippen molar-refractivity contribution in [3.63, 3.8) is 0 Å². The van der Waals surface area contributed by atoms with Crippen molar-refractivity contribution in [2.45, 2.75) is 188 Å². The zero-order valence-corrected chi connectivity index (χ0v) is 45.0. The number of carbonyl (C=O) groups is 2. The largest absolute Gasteiger partial charge is 0.395 e. The van der Waals surface area contributed by atoms with E-state index in [0.29, 0.717) is 77.7 Å². The second kappa shape index (κ2) is 24.4. The van der Waals surface area contributed by atoms with Crippen LogP contribution >= 0.6 is 0 Å². The van der Waals surface area contributed by atoms with Crippen LogP contribution in [0.2, 0.25) is 0 Å². The number of fused-ring (bicyclic) bond motifs is 11. The highest BCUT2D eigenvalue weighted by Gasteiger charge is 2.60. The predicted octanol–water partition coefficient (Wildman–Crippen LogP) is 5.99. The van der Waals surface area contributed by atoms with Gasteiger partial charge in [0.25, 0.3) is 5.91 Å². The summed E-state index contributed by atoms with van der Waals surface area (Å²) in [6.07, 6.45) is 3.46. The van der Waals surface area contributed by atoms with Crippen molar-refractivity contribution >= 4 is 17.4 Å². The van der Waals surface area contributed by atoms with Crippen LogP contribution in [0.25, 0.3) is 0 Å². The quantitative estimate of drug-likeness (QED) is 0.136. The molecule has 418 valence electrons. The Morgan fingerprint density at radius 1 is 0.779 bits per heavy atom. The van der Waals surface area contributed by atoms with E-state index in [1.165, 1.54) is 0 Å². The first-order chi connectivity index (χ1) is 37.4. The summed E-state index contributed by atoms with van der Waals surface area (Å²) in [5.41, 5.74) is 5.54. The monoisotopic (exact) mass is 1060 g/mol. The number of para-hydroxylation sites is 1.